The maximum Gasteiger partial charge on any atom is 0.240 e. The lowest BCUT2D eigenvalue weighted by atomic mass is 9.93. The highest BCUT2D eigenvalue weighted by atomic mass is 16.5. The van der Waals surface area contributed by atoms with E-state index in [-0.39, 0.29) is 5.91 Å². The van der Waals surface area contributed by atoms with Gasteiger partial charge in [0.15, 0.2) is 0 Å². The predicted molar refractivity (Wildman–Crippen MR) is 70.3 cm³/mol. The molecule has 0 bridgehead atoms. The lowest BCUT2D eigenvalue weighted by molar-refractivity contribution is -0.128. The number of hydrogen-bond acceptors (Lipinski definition) is 4. The number of amides is 1. The fourth-order valence-corrected chi connectivity index (χ4v) is 2.14. The van der Waals surface area contributed by atoms with Crippen LogP contribution in [-0.4, -0.2) is 44.9 Å². The molecule has 0 aromatic heterocycles. The molecule has 0 aromatic rings. The van der Waals surface area contributed by atoms with Gasteiger partial charge < -0.3 is 20.5 Å². The molecule has 5 heteroatoms. The summed E-state index contributed by atoms with van der Waals surface area (Å²) in [6.07, 6.45) is 3.93. The van der Waals surface area contributed by atoms with E-state index in [4.69, 9.17) is 15.2 Å². The number of methoxy groups -OCH3 is 1. The molecule has 18 heavy (non-hydrogen) atoms. The van der Waals surface area contributed by atoms with Crippen molar-refractivity contribution in [2.45, 2.75) is 38.1 Å². The smallest absolute Gasteiger partial charge is 0.240 e. The summed E-state index contributed by atoms with van der Waals surface area (Å²) >= 11 is 0. The molecule has 0 aliphatic heterocycles. The zero-order valence-electron chi connectivity index (χ0n) is 11.5. The summed E-state index contributed by atoms with van der Waals surface area (Å²) in [5.74, 6) is 0.0502. The largest absolute Gasteiger partial charge is 0.385 e. The van der Waals surface area contributed by atoms with Crippen LogP contribution in [0.2, 0.25) is 0 Å². The van der Waals surface area contributed by atoms with E-state index in [2.05, 4.69) is 12.2 Å². The molecule has 5 nitrogen and oxygen atoms in total. The Morgan fingerprint density at radius 1 is 1.44 bits per heavy atom. The minimum atomic E-state index is -0.664. The van der Waals surface area contributed by atoms with Crippen molar-refractivity contribution in [3.63, 3.8) is 0 Å². The molecule has 3 N–H and O–H groups in total. The van der Waals surface area contributed by atoms with Gasteiger partial charge in [0.2, 0.25) is 5.91 Å². The number of primary amides is 1. The summed E-state index contributed by atoms with van der Waals surface area (Å²) in [6.45, 7) is 4.52. The highest BCUT2D eigenvalue weighted by Crippen LogP contribution is 2.40. The fraction of sp³-hybridized carbons (Fsp3) is 0.923. The number of carbonyl (C=O) groups excluding carboxylic acids is 1. The molecule has 0 aromatic carbocycles. The zero-order valence-corrected chi connectivity index (χ0v) is 11.5. The molecule has 1 fully saturated rings. The van der Waals surface area contributed by atoms with Gasteiger partial charge in [0.25, 0.3) is 0 Å². The molecule has 1 amide bonds. The van der Waals surface area contributed by atoms with Crippen molar-refractivity contribution < 1.29 is 14.3 Å². The van der Waals surface area contributed by atoms with Gasteiger partial charge in [-0.3, -0.25) is 4.79 Å². The lowest BCUT2D eigenvalue weighted by Gasteiger charge is -2.31. The molecule has 1 unspecified atom stereocenters. The summed E-state index contributed by atoms with van der Waals surface area (Å²) in [5.41, 5.74) is 4.92. The average Bonchev–Trinajstić information content (AvgIpc) is 3.17. The van der Waals surface area contributed by atoms with Crippen LogP contribution in [0.1, 0.15) is 32.6 Å². The molecule has 1 rings (SSSR count). The monoisotopic (exact) mass is 258 g/mol. The Morgan fingerprint density at radius 2 is 2.17 bits per heavy atom. The molecule has 106 valence electrons. The Kier molecular flexibility index (Phi) is 6.60. The summed E-state index contributed by atoms with van der Waals surface area (Å²) < 4.78 is 10.6. The Hall–Kier alpha value is -0.650. The molecule has 0 spiro atoms. The zero-order chi connectivity index (χ0) is 13.4. The van der Waals surface area contributed by atoms with Gasteiger partial charge >= 0.3 is 0 Å². The fourth-order valence-electron chi connectivity index (χ4n) is 2.14. The number of ether oxygens (including phenoxy) is 2. The quantitative estimate of drug-likeness (QED) is 0.534. The summed E-state index contributed by atoms with van der Waals surface area (Å²) in [7, 11) is 1.67. The van der Waals surface area contributed by atoms with E-state index in [1.54, 1.807) is 7.11 Å². The van der Waals surface area contributed by atoms with Crippen molar-refractivity contribution in [1.29, 1.82) is 0 Å². The van der Waals surface area contributed by atoms with Crippen LogP contribution in [0.5, 0.6) is 0 Å². The first-order valence-electron chi connectivity index (χ1n) is 6.79. The third kappa shape index (κ3) is 4.23. The standard InChI is InChI=1S/C13H26N2O3/c1-3-7-15-13(12(14)16,11-5-6-11)10-18-9-4-8-17-2/h11,15H,3-10H2,1-2H3,(H2,14,16). The minimum absolute atomic E-state index is 0.287. The maximum absolute atomic E-state index is 11.8. The van der Waals surface area contributed by atoms with Crippen LogP contribution in [-0.2, 0) is 14.3 Å². The van der Waals surface area contributed by atoms with Gasteiger partial charge in [0.1, 0.15) is 5.54 Å². The molecule has 0 heterocycles. The molecule has 1 saturated carbocycles. The second-order valence-electron chi connectivity index (χ2n) is 4.94. The van der Waals surface area contributed by atoms with Gasteiger partial charge in [0, 0.05) is 20.3 Å². The van der Waals surface area contributed by atoms with Crippen molar-refractivity contribution in [2.75, 3.05) is 33.5 Å². The first kappa shape index (κ1) is 15.4. The second kappa shape index (κ2) is 7.71. The normalized spacial score (nSPS) is 18.6. The van der Waals surface area contributed by atoms with Crippen LogP contribution in [0.25, 0.3) is 0 Å². The van der Waals surface area contributed by atoms with E-state index in [1.807, 2.05) is 0 Å². The summed E-state index contributed by atoms with van der Waals surface area (Å²) in [4.78, 5) is 11.8. The van der Waals surface area contributed by atoms with Crippen LogP contribution in [0, 0.1) is 5.92 Å². The van der Waals surface area contributed by atoms with Gasteiger partial charge in [-0.1, -0.05) is 6.92 Å². The molecular formula is C13H26N2O3. The van der Waals surface area contributed by atoms with Crippen LogP contribution in [0.15, 0.2) is 0 Å². The van der Waals surface area contributed by atoms with Crippen LogP contribution in [0.3, 0.4) is 0 Å². The van der Waals surface area contributed by atoms with E-state index in [9.17, 15) is 4.79 Å². The van der Waals surface area contributed by atoms with Gasteiger partial charge in [-0.2, -0.15) is 0 Å². The number of hydrogen-bond donors (Lipinski definition) is 2. The van der Waals surface area contributed by atoms with Crippen molar-refractivity contribution in [3.8, 4) is 0 Å². The van der Waals surface area contributed by atoms with E-state index >= 15 is 0 Å². The van der Waals surface area contributed by atoms with E-state index in [0.717, 1.165) is 32.2 Å². The summed E-state index contributed by atoms with van der Waals surface area (Å²) in [6, 6.07) is 0. The highest BCUT2D eigenvalue weighted by molar-refractivity contribution is 5.85. The maximum atomic E-state index is 11.8. The van der Waals surface area contributed by atoms with Gasteiger partial charge in [0.05, 0.1) is 6.61 Å². The molecule has 1 aliphatic rings. The predicted octanol–water partition coefficient (Wildman–Crippen LogP) is 0.673. The second-order valence-corrected chi connectivity index (χ2v) is 4.94. The summed E-state index contributed by atoms with van der Waals surface area (Å²) in [5, 5.41) is 3.30. The lowest BCUT2D eigenvalue weighted by Crippen LogP contribution is -2.60. The minimum Gasteiger partial charge on any atom is -0.385 e. The Bertz CT molecular complexity index is 257. The van der Waals surface area contributed by atoms with Gasteiger partial charge in [-0.15, -0.1) is 0 Å². The number of nitrogens with one attached hydrogen (secondary N) is 1. The van der Waals surface area contributed by atoms with E-state index in [0.29, 0.717) is 25.7 Å². The first-order valence-corrected chi connectivity index (χ1v) is 6.79. The van der Waals surface area contributed by atoms with Crippen LogP contribution in [0.4, 0.5) is 0 Å². The Morgan fingerprint density at radius 3 is 2.67 bits per heavy atom. The van der Waals surface area contributed by atoms with E-state index in [1.165, 1.54) is 0 Å². The van der Waals surface area contributed by atoms with Crippen molar-refractivity contribution >= 4 is 5.91 Å². The molecule has 1 aliphatic carbocycles. The SMILES string of the molecule is CCCNC(COCCCOC)(C(N)=O)C1CC1. The number of carbonyl (C=O) groups is 1. The van der Waals surface area contributed by atoms with Crippen molar-refractivity contribution in [3.05, 3.63) is 0 Å². The average molecular weight is 258 g/mol. The topological polar surface area (TPSA) is 73.6 Å². The van der Waals surface area contributed by atoms with Crippen LogP contribution >= 0.6 is 0 Å². The molecule has 1 atom stereocenters. The Balaban J connectivity index is 2.45. The van der Waals surface area contributed by atoms with Gasteiger partial charge in [-0.05, 0) is 38.1 Å². The number of nitrogens with two attached hydrogens (primary N) is 1. The van der Waals surface area contributed by atoms with Gasteiger partial charge in [-0.25, -0.2) is 0 Å². The van der Waals surface area contributed by atoms with Crippen molar-refractivity contribution in [2.24, 2.45) is 11.7 Å². The Labute approximate surface area is 109 Å². The van der Waals surface area contributed by atoms with Crippen LogP contribution < -0.4 is 11.1 Å². The van der Waals surface area contributed by atoms with Crippen molar-refractivity contribution in [1.82, 2.24) is 5.32 Å². The molecular weight excluding hydrogens is 232 g/mol. The molecule has 0 radical (unpaired) electrons. The number of rotatable bonds is 11. The van der Waals surface area contributed by atoms with E-state index < -0.39 is 5.54 Å². The first-order chi connectivity index (χ1) is 8.67. The molecule has 0 saturated heterocycles. The third-order valence-electron chi connectivity index (χ3n) is 3.37. The third-order valence-corrected chi connectivity index (χ3v) is 3.37. The highest BCUT2D eigenvalue weighted by Gasteiger charge is 2.49.